The van der Waals surface area contributed by atoms with Crippen molar-refractivity contribution in [2.24, 2.45) is 0 Å². The van der Waals surface area contributed by atoms with Gasteiger partial charge in [-0.05, 0) is 51.5 Å². The standard InChI is InChI=1S/C15H23NO3/c1-4-8-17-13-10-15-14(18-11-19-15)9-12(13)6-5-7-16(2)3/h9-10H,4-8,11H2,1-3H3. The van der Waals surface area contributed by atoms with E-state index in [2.05, 4.69) is 32.0 Å². The molecule has 0 radical (unpaired) electrons. The Morgan fingerprint density at radius 2 is 1.95 bits per heavy atom. The lowest BCUT2D eigenvalue weighted by atomic mass is 10.1. The largest absolute Gasteiger partial charge is 0.493 e. The summed E-state index contributed by atoms with van der Waals surface area (Å²) in [5.41, 5.74) is 1.21. The van der Waals surface area contributed by atoms with Crippen molar-refractivity contribution in [3.8, 4) is 17.2 Å². The van der Waals surface area contributed by atoms with Gasteiger partial charge in [-0.1, -0.05) is 6.92 Å². The van der Waals surface area contributed by atoms with Gasteiger partial charge in [0.15, 0.2) is 11.5 Å². The molecule has 1 aliphatic heterocycles. The number of ether oxygens (including phenoxy) is 3. The maximum absolute atomic E-state index is 5.82. The van der Waals surface area contributed by atoms with E-state index in [0.717, 1.165) is 49.7 Å². The van der Waals surface area contributed by atoms with Gasteiger partial charge >= 0.3 is 0 Å². The molecule has 0 saturated carbocycles. The van der Waals surface area contributed by atoms with Crippen LogP contribution in [0.1, 0.15) is 25.3 Å². The Morgan fingerprint density at radius 1 is 1.21 bits per heavy atom. The van der Waals surface area contributed by atoms with Gasteiger partial charge in [-0.15, -0.1) is 0 Å². The molecular formula is C15H23NO3. The van der Waals surface area contributed by atoms with E-state index in [1.54, 1.807) is 0 Å². The van der Waals surface area contributed by atoms with Gasteiger partial charge in [0, 0.05) is 6.07 Å². The smallest absolute Gasteiger partial charge is 0.231 e. The first-order valence-corrected chi connectivity index (χ1v) is 6.90. The highest BCUT2D eigenvalue weighted by molar-refractivity contribution is 5.51. The van der Waals surface area contributed by atoms with Crippen LogP contribution in [-0.4, -0.2) is 38.9 Å². The number of fused-ring (bicyclic) bond motifs is 1. The van der Waals surface area contributed by atoms with Crippen molar-refractivity contribution in [3.63, 3.8) is 0 Å². The number of rotatable bonds is 7. The van der Waals surface area contributed by atoms with Gasteiger partial charge in [0.05, 0.1) is 6.61 Å². The highest BCUT2D eigenvalue weighted by atomic mass is 16.7. The molecule has 0 fully saturated rings. The minimum Gasteiger partial charge on any atom is -0.493 e. The van der Waals surface area contributed by atoms with Crippen molar-refractivity contribution in [2.75, 3.05) is 34.0 Å². The van der Waals surface area contributed by atoms with Crippen molar-refractivity contribution in [3.05, 3.63) is 17.7 Å². The van der Waals surface area contributed by atoms with Crippen molar-refractivity contribution < 1.29 is 14.2 Å². The lowest BCUT2D eigenvalue weighted by Crippen LogP contribution is -2.13. The average Bonchev–Trinajstić information content (AvgIpc) is 2.82. The average molecular weight is 265 g/mol. The van der Waals surface area contributed by atoms with Gasteiger partial charge < -0.3 is 19.1 Å². The van der Waals surface area contributed by atoms with Crippen molar-refractivity contribution in [1.29, 1.82) is 0 Å². The first-order valence-electron chi connectivity index (χ1n) is 6.90. The summed E-state index contributed by atoms with van der Waals surface area (Å²) in [4.78, 5) is 2.19. The Morgan fingerprint density at radius 3 is 2.63 bits per heavy atom. The fourth-order valence-electron chi connectivity index (χ4n) is 2.09. The summed E-state index contributed by atoms with van der Waals surface area (Å²) in [7, 11) is 4.18. The molecule has 4 nitrogen and oxygen atoms in total. The Bertz CT molecular complexity index is 418. The van der Waals surface area contributed by atoms with E-state index in [4.69, 9.17) is 14.2 Å². The molecule has 0 amide bonds. The summed E-state index contributed by atoms with van der Waals surface area (Å²) < 4.78 is 16.7. The van der Waals surface area contributed by atoms with E-state index >= 15 is 0 Å². The molecule has 0 aliphatic carbocycles. The van der Waals surface area contributed by atoms with Crippen LogP contribution in [0.4, 0.5) is 0 Å². The Hall–Kier alpha value is -1.42. The van der Waals surface area contributed by atoms with E-state index in [9.17, 15) is 0 Å². The second kappa shape index (κ2) is 6.66. The monoisotopic (exact) mass is 265 g/mol. The van der Waals surface area contributed by atoms with Crippen LogP contribution in [-0.2, 0) is 6.42 Å². The zero-order valence-electron chi connectivity index (χ0n) is 12.1. The summed E-state index contributed by atoms with van der Waals surface area (Å²) in [6.45, 7) is 4.23. The quantitative estimate of drug-likeness (QED) is 0.758. The number of nitrogens with zero attached hydrogens (tertiary/aromatic N) is 1. The maximum Gasteiger partial charge on any atom is 0.231 e. The SMILES string of the molecule is CCCOc1cc2c(cc1CCCN(C)C)OCO2. The van der Waals surface area contributed by atoms with Crippen LogP contribution in [0.25, 0.3) is 0 Å². The number of hydrogen-bond acceptors (Lipinski definition) is 4. The summed E-state index contributed by atoms with van der Waals surface area (Å²) in [5.74, 6) is 2.57. The molecule has 1 aromatic carbocycles. The topological polar surface area (TPSA) is 30.9 Å². The van der Waals surface area contributed by atoms with Crippen LogP contribution in [0.3, 0.4) is 0 Å². The third kappa shape index (κ3) is 3.77. The predicted octanol–water partition coefficient (Wildman–Crippen LogP) is 2.70. The maximum atomic E-state index is 5.82. The van der Waals surface area contributed by atoms with E-state index in [1.165, 1.54) is 5.56 Å². The van der Waals surface area contributed by atoms with Gasteiger partial charge in [-0.3, -0.25) is 0 Å². The van der Waals surface area contributed by atoms with E-state index < -0.39 is 0 Å². The van der Waals surface area contributed by atoms with Crippen LogP contribution in [0.5, 0.6) is 17.2 Å². The zero-order chi connectivity index (χ0) is 13.7. The second-order valence-electron chi connectivity index (χ2n) is 5.07. The molecule has 0 N–H and O–H groups in total. The molecule has 0 saturated heterocycles. The third-order valence-corrected chi connectivity index (χ3v) is 3.07. The first-order chi connectivity index (χ1) is 9.20. The molecule has 1 aliphatic rings. The fourth-order valence-corrected chi connectivity index (χ4v) is 2.09. The van der Waals surface area contributed by atoms with Crippen LogP contribution >= 0.6 is 0 Å². The predicted molar refractivity (Wildman–Crippen MR) is 75.2 cm³/mol. The molecule has 2 rings (SSSR count). The normalized spacial score (nSPS) is 13.1. The highest BCUT2D eigenvalue weighted by Gasteiger charge is 2.17. The Balaban J connectivity index is 2.09. The van der Waals surface area contributed by atoms with Gasteiger partial charge in [-0.25, -0.2) is 0 Å². The molecule has 4 heteroatoms. The molecule has 0 unspecified atom stereocenters. The van der Waals surface area contributed by atoms with Crippen molar-refractivity contribution in [2.45, 2.75) is 26.2 Å². The van der Waals surface area contributed by atoms with E-state index in [-0.39, 0.29) is 0 Å². The number of benzene rings is 1. The molecular weight excluding hydrogens is 242 g/mol. The lowest BCUT2D eigenvalue weighted by molar-refractivity contribution is 0.173. The summed E-state index contributed by atoms with van der Waals surface area (Å²) >= 11 is 0. The molecule has 1 heterocycles. The van der Waals surface area contributed by atoms with Crippen LogP contribution in [0.2, 0.25) is 0 Å². The minimum absolute atomic E-state index is 0.309. The van der Waals surface area contributed by atoms with Gasteiger partial charge in [0.25, 0.3) is 0 Å². The van der Waals surface area contributed by atoms with Crippen molar-refractivity contribution >= 4 is 0 Å². The molecule has 106 valence electrons. The van der Waals surface area contributed by atoms with Gasteiger partial charge in [-0.2, -0.15) is 0 Å². The number of hydrogen-bond donors (Lipinski definition) is 0. The molecule has 0 spiro atoms. The van der Waals surface area contributed by atoms with E-state index in [0.29, 0.717) is 6.79 Å². The zero-order valence-corrected chi connectivity index (χ0v) is 12.1. The van der Waals surface area contributed by atoms with Crippen LogP contribution in [0.15, 0.2) is 12.1 Å². The second-order valence-corrected chi connectivity index (χ2v) is 5.07. The van der Waals surface area contributed by atoms with E-state index in [1.807, 2.05) is 6.07 Å². The van der Waals surface area contributed by atoms with Gasteiger partial charge in [0.1, 0.15) is 5.75 Å². The first kappa shape index (κ1) is 14.0. The molecule has 0 aromatic heterocycles. The molecule has 0 atom stereocenters. The Kier molecular flexibility index (Phi) is 4.91. The minimum atomic E-state index is 0.309. The highest BCUT2D eigenvalue weighted by Crippen LogP contribution is 2.38. The fraction of sp³-hybridized carbons (Fsp3) is 0.600. The number of aryl methyl sites for hydroxylation is 1. The van der Waals surface area contributed by atoms with Crippen LogP contribution in [0, 0.1) is 0 Å². The molecule has 0 bridgehead atoms. The summed E-state index contributed by atoms with van der Waals surface area (Å²) in [6, 6.07) is 4.02. The summed E-state index contributed by atoms with van der Waals surface area (Å²) in [6.07, 6.45) is 3.11. The Labute approximate surface area is 115 Å². The summed E-state index contributed by atoms with van der Waals surface area (Å²) in [5, 5.41) is 0. The molecule has 19 heavy (non-hydrogen) atoms. The van der Waals surface area contributed by atoms with Crippen LogP contribution < -0.4 is 14.2 Å². The lowest BCUT2D eigenvalue weighted by Gasteiger charge is -2.13. The molecule has 1 aromatic rings. The van der Waals surface area contributed by atoms with Crippen molar-refractivity contribution in [1.82, 2.24) is 4.90 Å². The van der Waals surface area contributed by atoms with Gasteiger partial charge in [0.2, 0.25) is 6.79 Å². The third-order valence-electron chi connectivity index (χ3n) is 3.07.